The molecule has 1 aliphatic rings. The van der Waals surface area contributed by atoms with Crippen molar-refractivity contribution in [3.8, 4) is 5.75 Å². The summed E-state index contributed by atoms with van der Waals surface area (Å²) < 4.78 is 32.8. The van der Waals surface area contributed by atoms with Gasteiger partial charge in [-0.25, -0.2) is 8.42 Å². The van der Waals surface area contributed by atoms with E-state index in [0.29, 0.717) is 34.4 Å². The van der Waals surface area contributed by atoms with Gasteiger partial charge in [0.15, 0.2) is 15.5 Å². The molecule has 4 aromatic rings. The summed E-state index contributed by atoms with van der Waals surface area (Å²) >= 11 is 0. The number of ether oxygens (including phenoxy) is 1. The van der Waals surface area contributed by atoms with Crippen molar-refractivity contribution in [1.29, 1.82) is 0 Å². The van der Waals surface area contributed by atoms with Crippen LogP contribution in [0, 0.1) is 6.92 Å². The van der Waals surface area contributed by atoms with Gasteiger partial charge in [0.25, 0.3) is 0 Å². The molecule has 0 amide bonds. The fraction of sp³-hybridized carbons (Fsp3) is 0.414. The van der Waals surface area contributed by atoms with Gasteiger partial charge in [-0.15, -0.1) is 0 Å². The Bertz CT molecular complexity index is 1640. The van der Waals surface area contributed by atoms with E-state index in [-0.39, 0.29) is 11.0 Å². The molecular formula is C29H37N7O3S. The molecule has 0 aliphatic carbocycles. The molecule has 10 nitrogen and oxygen atoms in total. The molecule has 3 heterocycles. The molecule has 1 saturated heterocycles. The zero-order chi connectivity index (χ0) is 28.6. The van der Waals surface area contributed by atoms with Crippen LogP contribution in [-0.4, -0.2) is 65.6 Å². The molecule has 40 heavy (non-hydrogen) atoms. The van der Waals surface area contributed by atoms with Gasteiger partial charge in [-0.3, -0.25) is 4.68 Å². The van der Waals surface area contributed by atoms with E-state index in [4.69, 9.17) is 14.7 Å². The highest BCUT2D eigenvalue weighted by Crippen LogP contribution is 2.38. The molecule has 2 aromatic heterocycles. The van der Waals surface area contributed by atoms with Crippen LogP contribution in [0.1, 0.15) is 43.7 Å². The van der Waals surface area contributed by atoms with Crippen LogP contribution in [0.5, 0.6) is 5.75 Å². The molecule has 0 atom stereocenters. The van der Waals surface area contributed by atoms with E-state index in [9.17, 15) is 8.42 Å². The Balaban J connectivity index is 1.54. The lowest BCUT2D eigenvalue weighted by Gasteiger charge is -2.30. The molecule has 212 valence electrons. The third kappa shape index (κ3) is 5.90. The Kier molecular flexibility index (Phi) is 7.70. The van der Waals surface area contributed by atoms with Gasteiger partial charge in [-0.05, 0) is 95.1 Å². The molecule has 0 radical (unpaired) electrons. The predicted molar refractivity (Wildman–Crippen MR) is 159 cm³/mol. The zero-order valence-corrected chi connectivity index (χ0v) is 24.7. The highest BCUT2D eigenvalue weighted by molar-refractivity contribution is 7.90. The highest BCUT2D eigenvalue weighted by Gasteiger charge is 2.23. The van der Waals surface area contributed by atoms with Crippen molar-refractivity contribution in [1.82, 2.24) is 24.6 Å². The molecule has 2 aromatic carbocycles. The van der Waals surface area contributed by atoms with Crippen molar-refractivity contribution in [2.24, 2.45) is 7.05 Å². The SMILES string of the molecule is Cc1cc(Nc2nc(Nc3ccccc3S(C)(=O)=O)c3cnn(C)c3n2)c(OC(C)C)cc1C1CCN(C)CC1. The molecule has 0 spiro atoms. The fourth-order valence-electron chi connectivity index (χ4n) is 5.23. The monoisotopic (exact) mass is 563 g/mol. The number of anilines is 4. The number of hydrogen-bond donors (Lipinski definition) is 2. The summed E-state index contributed by atoms with van der Waals surface area (Å²) in [5.74, 6) is 2.03. The van der Waals surface area contributed by atoms with E-state index in [1.807, 2.05) is 13.8 Å². The zero-order valence-electron chi connectivity index (χ0n) is 23.9. The maximum atomic E-state index is 12.4. The van der Waals surface area contributed by atoms with E-state index < -0.39 is 9.84 Å². The second-order valence-corrected chi connectivity index (χ2v) is 12.9. The minimum Gasteiger partial charge on any atom is -0.489 e. The van der Waals surface area contributed by atoms with Crippen LogP contribution in [0.25, 0.3) is 11.0 Å². The summed E-state index contributed by atoms with van der Waals surface area (Å²) in [5.41, 5.74) is 4.31. The van der Waals surface area contributed by atoms with Crippen molar-refractivity contribution >= 4 is 44.0 Å². The molecular weight excluding hydrogens is 526 g/mol. The second kappa shape index (κ2) is 11.1. The topological polar surface area (TPSA) is 114 Å². The normalized spacial score (nSPS) is 15.1. The molecule has 0 unspecified atom stereocenters. The minimum absolute atomic E-state index is 0.0150. The molecule has 5 rings (SSSR count). The third-order valence-corrected chi connectivity index (χ3v) is 8.42. The largest absolute Gasteiger partial charge is 0.489 e. The van der Waals surface area contributed by atoms with E-state index in [1.54, 1.807) is 42.2 Å². The van der Waals surface area contributed by atoms with Crippen LogP contribution in [-0.2, 0) is 16.9 Å². The summed E-state index contributed by atoms with van der Waals surface area (Å²) in [6, 6.07) is 11.0. The van der Waals surface area contributed by atoms with Crippen molar-refractivity contribution < 1.29 is 13.2 Å². The van der Waals surface area contributed by atoms with Crippen molar-refractivity contribution in [2.45, 2.75) is 50.5 Å². The van der Waals surface area contributed by atoms with Gasteiger partial charge in [0.2, 0.25) is 5.95 Å². The van der Waals surface area contributed by atoms with Crippen LogP contribution in [0.15, 0.2) is 47.5 Å². The van der Waals surface area contributed by atoms with Gasteiger partial charge in [0, 0.05) is 13.3 Å². The number of benzene rings is 2. The van der Waals surface area contributed by atoms with Crippen molar-refractivity contribution in [2.75, 3.05) is 37.0 Å². The Morgan fingerprint density at radius 3 is 2.45 bits per heavy atom. The summed E-state index contributed by atoms with van der Waals surface area (Å²) in [6.07, 6.45) is 5.08. The summed E-state index contributed by atoms with van der Waals surface area (Å²) in [7, 11) is 0.518. The first-order valence-electron chi connectivity index (χ1n) is 13.5. The predicted octanol–water partition coefficient (Wildman–Crippen LogP) is 5.16. The van der Waals surface area contributed by atoms with E-state index in [2.05, 4.69) is 46.7 Å². The number of nitrogens with zero attached hydrogens (tertiary/aromatic N) is 5. The molecule has 1 aliphatic heterocycles. The lowest BCUT2D eigenvalue weighted by Crippen LogP contribution is -2.29. The highest BCUT2D eigenvalue weighted by atomic mass is 32.2. The summed E-state index contributed by atoms with van der Waals surface area (Å²) in [5, 5.41) is 11.6. The Hall–Kier alpha value is -3.70. The fourth-order valence-corrected chi connectivity index (χ4v) is 6.07. The van der Waals surface area contributed by atoms with Gasteiger partial charge in [0.1, 0.15) is 11.6 Å². The maximum Gasteiger partial charge on any atom is 0.231 e. The third-order valence-electron chi connectivity index (χ3n) is 7.27. The Labute approximate surface area is 235 Å². The number of nitrogens with one attached hydrogen (secondary N) is 2. The number of sulfone groups is 1. The number of likely N-dealkylation sites (tertiary alicyclic amines) is 1. The smallest absolute Gasteiger partial charge is 0.231 e. The average molecular weight is 564 g/mol. The second-order valence-electron chi connectivity index (χ2n) is 10.9. The first-order chi connectivity index (χ1) is 19.0. The average Bonchev–Trinajstić information content (AvgIpc) is 3.26. The number of para-hydroxylation sites is 1. The first kappa shape index (κ1) is 27.9. The molecule has 0 bridgehead atoms. The lowest BCUT2D eigenvalue weighted by molar-refractivity contribution is 0.241. The van der Waals surface area contributed by atoms with Gasteiger partial charge in [0.05, 0.1) is 34.0 Å². The molecule has 1 fully saturated rings. The Morgan fingerprint density at radius 1 is 1.02 bits per heavy atom. The van der Waals surface area contributed by atoms with Gasteiger partial charge in [-0.1, -0.05) is 12.1 Å². The van der Waals surface area contributed by atoms with E-state index in [1.165, 1.54) is 17.4 Å². The van der Waals surface area contributed by atoms with Crippen LogP contribution in [0.2, 0.25) is 0 Å². The van der Waals surface area contributed by atoms with Crippen LogP contribution in [0.3, 0.4) is 0 Å². The van der Waals surface area contributed by atoms with Crippen molar-refractivity contribution in [3.05, 3.63) is 53.7 Å². The quantitative estimate of drug-likeness (QED) is 0.300. The van der Waals surface area contributed by atoms with Crippen LogP contribution < -0.4 is 15.4 Å². The Morgan fingerprint density at radius 2 is 1.75 bits per heavy atom. The van der Waals surface area contributed by atoms with E-state index in [0.717, 1.165) is 37.4 Å². The van der Waals surface area contributed by atoms with E-state index >= 15 is 0 Å². The van der Waals surface area contributed by atoms with Crippen LogP contribution in [0.4, 0.5) is 23.1 Å². The van der Waals surface area contributed by atoms with Crippen LogP contribution >= 0.6 is 0 Å². The summed E-state index contributed by atoms with van der Waals surface area (Å²) in [6.45, 7) is 8.33. The number of aromatic nitrogens is 4. The number of aryl methyl sites for hydroxylation is 2. The maximum absolute atomic E-state index is 12.4. The standard InChI is InChI=1S/C29H37N7O3S/c1-18(2)39-25-16-21(20-11-13-35(4)14-12-20)19(3)15-24(25)32-29-33-27(22-17-30-36(5)28(22)34-29)31-23-9-7-8-10-26(23)40(6,37)38/h7-10,15-18,20H,11-14H2,1-6H3,(H2,31,32,33,34). The molecule has 2 N–H and O–H groups in total. The van der Waals surface area contributed by atoms with Gasteiger partial charge in [-0.2, -0.15) is 15.1 Å². The number of fused-ring (bicyclic) bond motifs is 1. The first-order valence-corrected chi connectivity index (χ1v) is 15.4. The number of rotatable bonds is 8. The lowest BCUT2D eigenvalue weighted by atomic mass is 9.86. The number of hydrogen-bond acceptors (Lipinski definition) is 9. The minimum atomic E-state index is -3.46. The summed E-state index contributed by atoms with van der Waals surface area (Å²) in [4.78, 5) is 12.1. The van der Waals surface area contributed by atoms with Crippen molar-refractivity contribution in [3.63, 3.8) is 0 Å². The van der Waals surface area contributed by atoms with Gasteiger partial charge >= 0.3 is 0 Å². The van der Waals surface area contributed by atoms with Gasteiger partial charge < -0.3 is 20.3 Å². The molecule has 11 heteroatoms. The number of piperidine rings is 1. The molecule has 0 saturated carbocycles.